The van der Waals surface area contributed by atoms with Gasteiger partial charge >= 0.3 is 0 Å². The van der Waals surface area contributed by atoms with Gasteiger partial charge in [-0.15, -0.1) is 0 Å². The van der Waals surface area contributed by atoms with Crippen LogP contribution in [0, 0.1) is 0 Å². The van der Waals surface area contributed by atoms with E-state index >= 15 is 0 Å². The summed E-state index contributed by atoms with van der Waals surface area (Å²) in [7, 11) is 4.48. The average Bonchev–Trinajstić information content (AvgIpc) is 2.48. The molecule has 0 aromatic heterocycles. The molecule has 0 spiro atoms. The molecule has 21 heavy (non-hydrogen) atoms. The molecule has 2 rings (SSSR count). The smallest absolute Gasteiger partial charge is 0.255 e. The summed E-state index contributed by atoms with van der Waals surface area (Å²) >= 11 is 0. The third-order valence-electron chi connectivity index (χ3n) is 3.94. The van der Waals surface area contributed by atoms with Gasteiger partial charge in [0.25, 0.3) is 5.91 Å². The SMILES string of the molecule is COc1ccc(C(=O)NC2(CO)CCC2)c(OC)c1OC. The Kier molecular flexibility index (Phi) is 4.57. The molecular formula is C15H21NO5. The van der Waals surface area contributed by atoms with Crippen LogP contribution < -0.4 is 19.5 Å². The van der Waals surface area contributed by atoms with E-state index in [1.165, 1.54) is 21.3 Å². The van der Waals surface area contributed by atoms with E-state index in [9.17, 15) is 9.90 Å². The van der Waals surface area contributed by atoms with E-state index in [4.69, 9.17) is 14.2 Å². The number of nitrogens with one attached hydrogen (secondary N) is 1. The number of hydrogen-bond acceptors (Lipinski definition) is 5. The zero-order valence-corrected chi connectivity index (χ0v) is 12.6. The van der Waals surface area contributed by atoms with Crippen molar-refractivity contribution >= 4 is 5.91 Å². The number of aliphatic hydroxyl groups is 1. The van der Waals surface area contributed by atoms with Crippen LogP contribution in [0.4, 0.5) is 0 Å². The quantitative estimate of drug-likeness (QED) is 0.828. The normalized spacial score (nSPS) is 15.8. The first-order chi connectivity index (χ1) is 10.1. The summed E-state index contributed by atoms with van der Waals surface area (Å²) in [4.78, 5) is 12.5. The van der Waals surface area contributed by atoms with Crippen molar-refractivity contribution in [3.8, 4) is 17.2 Å². The van der Waals surface area contributed by atoms with Crippen LogP contribution in [0.1, 0.15) is 29.6 Å². The lowest BCUT2D eigenvalue weighted by molar-refractivity contribution is 0.0639. The van der Waals surface area contributed by atoms with Gasteiger partial charge in [0.15, 0.2) is 11.5 Å². The monoisotopic (exact) mass is 295 g/mol. The molecule has 2 N–H and O–H groups in total. The molecule has 0 saturated heterocycles. The van der Waals surface area contributed by atoms with Crippen LogP contribution in [0.25, 0.3) is 0 Å². The Balaban J connectivity index is 2.32. The summed E-state index contributed by atoms with van der Waals surface area (Å²) in [5.41, 5.74) is -0.148. The highest BCUT2D eigenvalue weighted by Gasteiger charge is 2.38. The molecule has 1 saturated carbocycles. The lowest BCUT2D eigenvalue weighted by atomic mass is 9.77. The van der Waals surface area contributed by atoms with Crippen molar-refractivity contribution in [1.29, 1.82) is 0 Å². The maximum atomic E-state index is 12.5. The van der Waals surface area contributed by atoms with Gasteiger partial charge in [-0.05, 0) is 31.4 Å². The van der Waals surface area contributed by atoms with Gasteiger partial charge in [0, 0.05) is 0 Å². The number of benzene rings is 1. The summed E-state index contributed by atoms with van der Waals surface area (Å²) in [6.07, 6.45) is 2.57. The molecule has 6 nitrogen and oxygen atoms in total. The van der Waals surface area contributed by atoms with Crippen LogP contribution in [-0.4, -0.2) is 44.5 Å². The Bertz CT molecular complexity index is 520. The van der Waals surface area contributed by atoms with Crippen molar-refractivity contribution in [2.24, 2.45) is 0 Å². The summed E-state index contributed by atoms with van der Waals surface area (Å²) < 4.78 is 15.8. The maximum Gasteiger partial charge on any atom is 0.255 e. The fraction of sp³-hybridized carbons (Fsp3) is 0.533. The first kappa shape index (κ1) is 15.4. The van der Waals surface area contributed by atoms with Crippen LogP contribution in [0.3, 0.4) is 0 Å². The van der Waals surface area contributed by atoms with Crippen molar-refractivity contribution in [3.63, 3.8) is 0 Å². The van der Waals surface area contributed by atoms with Crippen molar-refractivity contribution in [1.82, 2.24) is 5.32 Å². The minimum absolute atomic E-state index is 0.0612. The number of aliphatic hydroxyl groups excluding tert-OH is 1. The van der Waals surface area contributed by atoms with E-state index < -0.39 is 5.54 Å². The van der Waals surface area contributed by atoms with Gasteiger partial charge < -0.3 is 24.6 Å². The molecule has 0 radical (unpaired) electrons. The predicted molar refractivity (Wildman–Crippen MR) is 77.2 cm³/mol. The van der Waals surface area contributed by atoms with Crippen molar-refractivity contribution in [2.45, 2.75) is 24.8 Å². The number of methoxy groups -OCH3 is 3. The van der Waals surface area contributed by atoms with E-state index in [1.807, 2.05) is 0 Å². The number of amides is 1. The Hall–Kier alpha value is -1.95. The van der Waals surface area contributed by atoms with Gasteiger partial charge in [-0.1, -0.05) is 0 Å². The van der Waals surface area contributed by atoms with Crippen molar-refractivity contribution in [2.75, 3.05) is 27.9 Å². The molecule has 116 valence electrons. The van der Waals surface area contributed by atoms with Crippen molar-refractivity contribution < 1.29 is 24.1 Å². The number of ether oxygens (including phenoxy) is 3. The second kappa shape index (κ2) is 6.22. The lowest BCUT2D eigenvalue weighted by Crippen LogP contribution is -2.56. The maximum absolute atomic E-state index is 12.5. The number of carbonyl (C=O) groups excluding carboxylic acids is 1. The van der Waals surface area contributed by atoms with E-state index in [1.54, 1.807) is 12.1 Å². The first-order valence-electron chi connectivity index (χ1n) is 6.83. The number of hydrogen-bond donors (Lipinski definition) is 2. The predicted octanol–water partition coefficient (Wildman–Crippen LogP) is 1.36. The molecule has 0 bridgehead atoms. The standard InChI is InChI=1S/C15H21NO5/c1-19-11-6-5-10(12(20-2)13(11)21-3)14(18)16-15(9-17)7-4-8-15/h5-6,17H,4,7-9H2,1-3H3,(H,16,18). The van der Waals surface area contributed by atoms with Crippen LogP contribution in [0.15, 0.2) is 12.1 Å². The number of rotatable bonds is 6. The summed E-state index contributed by atoms with van der Waals surface area (Å²) in [5, 5.41) is 12.3. The second-order valence-electron chi connectivity index (χ2n) is 5.13. The summed E-state index contributed by atoms with van der Waals surface area (Å²) in [6, 6.07) is 3.28. The molecule has 1 aliphatic carbocycles. The van der Waals surface area contributed by atoms with E-state index in [-0.39, 0.29) is 12.5 Å². The average molecular weight is 295 g/mol. The first-order valence-corrected chi connectivity index (χ1v) is 6.83. The van der Waals surface area contributed by atoms with E-state index in [2.05, 4.69) is 5.32 Å². The Morgan fingerprint density at radius 1 is 1.19 bits per heavy atom. The molecule has 0 aliphatic heterocycles. The van der Waals surface area contributed by atoms with Gasteiger partial charge in [-0.2, -0.15) is 0 Å². The molecule has 1 aliphatic rings. The Morgan fingerprint density at radius 3 is 2.29 bits per heavy atom. The van der Waals surface area contributed by atoms with Gasteiger partial charge in [-0.3, -0.25) is 4.79 Å². The molecule has 1 aromatic carbocycles. The highest BCUT2D eigenvalue weighted by Crippen LogP contribution is 2.40. The minimum Gasteiger partial charge on any atom is -0.493 e. The lowest BCUT2D eigenvalue weighted by Gasteiger charge is -2.41. The van der Waals surface area contributed by atoms with Crippen LogP contribution in [0.5, 0.6) is 17.2 Å². The second-order valence-corrected chi connectivity index (χ2v) is 5.13. The van der Waals surface area contributed by atoms with E-state index in [0.717, 1.165) is 19.3 Å². The molecular weight excluding hydrogens is 274 g/mol. The van der Waals surface area contributed by atoms with Crippen LogP contribution in [0.2, 0.25) is 0 Å². The van der Waals surface area contributed by atoms with Crippen LogP contribution in [-0.2, 0) is 0 Å². The fourth-order valence-electron chi connectivity index (χ4n) is 2.51. The van der Waals surface area contributed by atoms with Gasteiger partial charge in [0.05, 0.1) is 39.0 Å². The molecule has 0 heterocycles. The third-order valence-corrected chi connectivity index (χ3v) is 3.94. The molecule has 6 heteroatoms. The fourth-order valence-corrected chi connectivity index (χ4v) is 2.51. The largest absolute Gasteiger partial charge is 0.493 e. The van der Waals surface area contributed by atoms with E-state index in [0.29, 0.717) is 22.8 Å². The van der Waals surface area contributed by atoms with Gasteiger partial charge in [-0.25, -0.2) is 0 Å². The van der Waals surface area contributed by atoms with Crippen LogP contribution >= 0.6 is 0 Å². The Morgan fingerprint density at radius 2 is 1.86 bits per heavy atom. The molecule has 1 aromatic rings. The minimum atomic E-state index is -0.505. The molecule has 1 amide bonds. The molecule has 0 atom stereocenters. The van der Waals surface area contributed by atoms with Crippen molar-refractivity contribution in [3.05, 3.63) is 17.7 Å². The zero-order chi connectivity index (χ0) is 15.5. The zero-order valence-electron chi connectivity index (χ0n) is 12.6. The summed E-state index contributed by atoms with van der Waals surface area (Å²) in [6.45, 7) is -0.0612. The summed E-state index contributed by atoms with van der Waals surface area (Å²) in [5.74, 6) is 0.897. The highest BCUT2D eigenvalue weighted by atomic mass is 16.5. The third kappa shape index (κ3) is 2.76. The van der Waals surface area contributed by atoms with Gasteiger partial charge in [0.2, 0.25) is 5.75 Å². The molecule has 1 fully saturated rings. The van der Waals surface area contributed by atoms with Gasteiger partial charge in [0.1, 0.15) is 0 Å². The molecule has 0 unspecified atom stereocenters. The topological polar surface area (TPSA) is 77.0 Å². The highest BCUT2D eigenvalue weighted by molar-refractivity contribution is 5.98. The number of carbonyl (C=O) groups is 1. The Labute approximate surface area is 124 Å².